The van der Waals surface area contributed by atoms with E-state index in [0.717, 1.165) is 17.2 Å². The van der Waals surface area contributed by atoms with E-state index in [1.165, 1.54) is 5.56 Å². The third-order valence-electron chi connectivity index (χ3n) is 5.55. The van der Waals surface area contributed by atoms with Crippen LogP contribution in [0, 0.1) is 5.92 Å². The summed E-state index contributed by atoms with van der Waals surface area (Å²) in [5.74, 6) is 1.02. The van der Waals surface area contributed by atoms with Gasteiger partial charge >= 0.3 is 0 Å². The number of aromatic nitrogens is 2. The first-order chi connectivity index (χ1) is 14.1. The molecular formula is C23H25N5O. The van der Waals surface area contributed by atoms with E-state index in [0.29, 0.717) is 13.1 Å². The Morgan fingerprint density at radius 3 is 2.31 bits per heavy atom. The minimum Gasteiger partial charge on any atom is -0.369 e. The topological polar surface area (TPSA) is 84.1 Å². The summed E-state index contributed by atoms with van der Waals surface area (Å²) in [6.45, 7) is 3.34. The van der Waals surface area contributed by atoms with Crippen molar-refractivity contribution in [2.24, 2.45) is 11.7 Å². The van der Waals surface area contributed by atoms with Crippen LogP contribution in [0.4, 0.5) is 11.6 Å². The van der Waals surface area contributed by atoms with Gasteiger partial charge in [0.25, 0.3) is 0 Å². The van der Waals surface area contributed by atoms with Gasteiger partial charge in [-0.15, -0.1) is 10.2 Å². The minimum absolute atomic E-state index is 0.0615. The fourth-order valence-electron chi connectivity index (χ4n) is 3.93. The van der Waals surface area contributed by atoms with Gasteiger partial charge in [-0.3, -0.25) is 4.79 Å². The number of carbonyl (C=O) groups is 1. The molecule has 3 atom stereocenters. The Labute approximate surface area is 170 Å². The smallest absolute Gasteiger partial charge is 0.223 e. The van der Waals surface area contributed by atoms with Crippen molar-refractivity contribution in [2.45, 2.75) is 18.9 Å². The molecule has 1 amide bonds. The number of carbonyl (C=O) groups excluding carboxylic acids is 1. The average Bonchev–Trinajstić information content (AvgIpc) is 3.21. The SMILES string of the molecule is CC(Nc1ccc(N2C[C@H](C(N)=O)[C@@H](c3ccccc3)C2)nn1)c1ccccc1. The monoisotopic (exact) mass is 387 g/mol. The molecule has 6 heteroatoms. The van der Waals surface area contributed by atoms with Crippen LogP contribution in [0.3, 0.4) is 0 Å². The molecule has 6 nitrogen and oxygen atoms in total. The highest BCUT2D eigenvalue weighted by Crippen LogP contribution is 2.34. The van der Waals surface area contributed by atoms with Crippen LogP contribution in [0.25, 0.3) is 0 Å². The summed E-state index contributed by atoms with van der Waals surface area (Å²) in [5, 5.41) is 12.1. The van der Waals surface area contributed by atoms with Crippen molar-refractivity contribution in [2.75, 3.05) is 23.3 Å². The molecule has 1 aliphatic rings. The lowest BCUT2D eigenvalue weighted by molar-refractivity contribution is -0.121. The van der Waals surface area contributed by atoms with E-state index < -0.39 is 0 Å². The molecule has 2 heterocycles. The Balaban J connectivity index is 1.47. The molecule has 1 saturated heterocycles. The predicted molar refractivity (Wildman–Crippen MR) is 115 cm³/mol. The molecule has 1 aromatic heterocycles. The number of rotatable bonds is 6. The van der Waals surface area contributed by atoms with Crippen molar-refractivity contribution in [1.29, 1.82) is 0 Å². The highest BCUT2D eigenvalue weighted by atomic mass is 16.1. The molecule has 0 saturated carbocycles. The van der Waals surface area contributed by atoms with Gasteiger partial charge in [-0.1, -0.05) is 60.7 Å². The van der Waals surface area contributed by atoms with Crippen LogP contribution in [0.5, 0.6) is 0 Å². The van der Waals surface area contributed by atoms with Crippen molar-refractivity contribution >= 4 is 17.5 Å². The maximum absolute atomic E-state index is 12.0. The summed E-state index contributed by atoms with van der Waals surface area (Å²) in [7, 11) is 0. The Morgan fingerprint density at radius 1 is 1.00 bits per heavy atom. The molecule has 1 aliphatic heterocycles. The first kappa shape index (κ1) is 18.9. The molecule has 3 aromatic rings. The quantitative estimate of drug-likeness (QED) is 0.678. The lowest BCUT2D eigenvalue weighted by Crippen LogP contribution is -2.29. The maximum atomic E-state index is 12.0. The van der Waals surface area contributed by atoms with Gasteiger partial charge in [0.15, 0.2) is 5.82 Å². The molecule has 3 N–H and O–H groups in total. The van der Waals surface area contributed by atoms with E-state index in [4.69, 9.17) is 5.73 Å². The van der Waals surface area contributed by atoms with Gasteiger partial charge in [0.1, 0.15) is 5.82 Å². The number of nitrogens with zero attached hydrogens (tertiary/aromatic N) is 3. The van der Waals surface area contributed by atoms with E-state index in [9.17, 15) is 4.79 Å². The number of amides is 1. The number of hydrogen-bond acceptors (Lipinski definition) is 5. The van der Waals surface area contributed by atoms with Crippen LogP contribution in [0.1, 0.15) is 30.0 Å². The lowest BCUT2D eigenvalue weighted by atomic mass is 9.89. The molecule has 0 radical (unpaired) electrons. The van der Waals surface area contributed by atoms with Gasteiger partial charge in [-0.25, -0.2) is 0 Å². The molecular weight excluding hydrogens is 362 g/mol. The Hall–Kier alpha value is -3.41. The van der Waals surface area contributed by atoms with Gasteiger partial charge in [0.05, 0.1) is 5.92 Å². The fourth-order valence-corrected chi connectivity index (χ4v) is 3.93. The zero-order valence-electron chi connectivity index (χ0n) is 16.4. The van der Waals surface area contributed by atoms with Crippen molar-refractivity contribution < 1.29 is 4.79 Å². The van der Waals surface area contributed by atoms with Gasteiger partial charge in [-0.2, -0.15) is 0 Å². The summed E-state index contributed by atoms with van der Waals surface area (Å²) in [6, 6.07) is 24.3. The number of benzene rings is 2. The van der Waals surface area contributed by atoms with Crippen molar-refractivity contribution in [3.8, 4) is 0 Å². The standard InChI is InChI=1S/C23H25N5O/c1-16(17-8-4-2-5-9-17)25-21-12-13-22(27-26-21)28-14-19(20(15-28)23(24)29)18-10-6-3-7-11-18/h2-13,16,19-20H,14-15H2,1H3,(H2,24,29)(H,25,26)/t16?,19-,20+/m1/s1. The Morgan fingerprint density at radius 2 is 1.69 bits per heavy atom. The molecule has 2 aromatic carbocycles. The van der Waals surface area contributed by atoms with Crippen LogP contribution in [-0.4, -0.2) is 29.2 Å². The number of hydrogen-bond donors (Lipinski definition) is 2. The molecule has 0 aliphatic carbocycles. The zero-order chi connectivity index (χ0) is 20.2. The molecule has 148 valence electrons. The molecule has 1 fully saturated rings. The van der Waals surface area contributed by atoms with Crippen molar-refractivity contribution in [3.63, 3.8) is 0 Å². The van der Waals surface area contributed by atoms with Crippen LogP contribution >= 0.6 is 0 Å². The van der Waals surface area contributed by atoms with E-state index >= 15 is 0 Å². The van der Waals surface area contributed by atoms with Gasteiger partial charge < -0.3 is 16.0 Å². The molecule has 1 unspecified atom stereocenters. The summed E-state index contributed by atoms with van der Waals surface area (Å²) < 4.78 is 0. The third-order valence-corrected chi connectivity index (χ3v) is 5.55. The second-order valence-electron chi connectivity index (χ2n) is 7.48. The average molecular weight is 387 g/mol. The van der Waals surface area contributed by atoms with Gasteiger partial charge in [0.2, 0.25) is 5.91 Å². The number of primary amides is 1. The van der Waals surface area contributed by atoms with Crippen LogP contribution in [0.15, 0.2) is 72.8 Å². The van der Waals surface area contributed by atoms with Crippen LogP contribution in [0.2, 0.25) is 0 Å². The van der Waals surface area contributed by atoms with E-state index in [-0.39, 0.29) is 23.8 Å². The van der Waals surface area contributed by atoms with E-state index in [2.05, 4.69) is 39.5 Å². The number of anilines is 2. The highest BCUT2D eigenvalue weighted by Gasteiger charge is 2.38. The van der Waals surface area contributed by atoms with E-state index in [1.54, 1.807) is 0 Å². The van der Waals surface area contributed by atoms with Gasteiger partial charge in [-0.05, 0) is 30.2 Å². The number of nitrogens with one attached hydrogen (secondary N) is 1. The molecule has 4 rings (SSSR count). The maximum Gasteiger partial charge on any atom is 0.223 e. The Bertz CT molecular complexity index is 946. The zero-order valence-corrected chi connectivity index (χ0v) is 16.4. The summed E-state index contributed by atoms with van der Waals surface area (Å²) in [6.07, 6.45) is 0. The summed E-state index contributed by atoms with van der Waals surface area (Å²) in [5.41, 5.74) is 8.00. The fraction of sp³-hybridized carbons (Fsp3) is 0.261. The second-order valence-corrected chi connectivity index (χ2v) is 7.48. The molecule has 0 spiro atoms. The summed E-state index contributed by atoms with van der Waals surface area (Å²) >= 11 is 0. The van der Waals surface area contributed by atoms with Gasteiger partial charge in [0, 0.05) is 25.0 Å². The largest absolute Gasteiger partial charge is 0.369 e. The van der Waals surface area contributed by atoms with Crippen molar-refractivity contribution in [1.82, 2.24) is 10.2 Å². The minimum atomic E-state index is -0.274. The summed E-state index contributed by atoms with van der Waals surface area (Å²) in [4.78, 5) is 14.1. The highest BCUT2D eigenvalue weighted by molar-refractivity contribution is 5.79. The third kappa shape index (κ3) is 4.21. The molecule has 0 bridgehead atoms. The van der Waals surface area contributed by atoms with Crippen LogP contribution in [-0.2, 0) is 4.79 Å². The lowest BCUT2D eigenvalue weighted by Gasteiger charge is -2.18. The molecule has 29 heavy (non-hydrogen) atoms. The van der Waals surface area contributed by atoms with E-state index in [1.807, 2.05) is 60.7 Å². The Kier molecular flexibility index (Phi) is 5.42. The second kappa shape index (κ2) is 8.31. The van der Waals surface area contributed by atoms with Crippen molar-refractivity contribution in [3.05, 3.63) is 83.9 Å². The van der Waals surface area contributed by atoms with Crippen LogP contribution < -0.4 is 16.0 Å². The first-order valence-corrected chi connectivity index (χ1v) is 9.86. The normalized spacial score (nSPS) is 19.7. The predicted octanol–water partition coefficient (Wildman–Crippen LogP) is 3.36. The first-order valence-electron chi connectivity index (χ1n) is 9.86. The number of nitrogens with two attached hydrogens (primary N) is 1.